The van der Waals surface area contributed by atoms with Gasteiger partial charge in [-0.1, -0.05) is 18.2 Å². The topological polar surface area (TPSA) is 78.6 Å². The molecule has 0 radical (unpaired) electrons. The number of rotatable bonds is 4. The van der Waals surface area contributed by atoms with Gasteiger partial charge in [-0.2, -0.15) is 4.98 Å². The molecule has 2 saturated heterocycles. The van der Waals surface area contributed by atoms with Gasteiger partial charge in [-0.05, 0) is 25.0 Å². The molecular formula is C20H26N6O. The maximum atomic E-state index is 12.4. The van der Waals surface area contributed by atoms with Gasteiger partial charge in [-0.15, -0.1) is 0 Å². The minimum Gasteiger partial charge on any atom is -0.368 e. The van der Waals surface area contributed by atoms with Gasteiger partial charge in [0.25, 0.3) is 0 Å². The van der Waals surface area contributed by atoms with E-state index in [1.165, 1.54) is 0 Å². The Morgan fingerprint density at radius 2 is 1.85 bits per heavy atom. The highest BCUT2D eigenvalue weighted by Gasteiger charge is 2.32. The lowest BCUT2D eigenvalue weighted by Gasteiger charge is -2.36. The highest BCUT2D eigenvalue weighted by atomic mass is 16.2. The quantitative estimate of drug-likeness (QED) is 0.884. The number of para-hydroxylation sites is 1. The predicted octanol–water partition coefficient (Wildman–Crippen LogP) is 1.54. The van der Waals surface area contributed by atoms with Crippen LogP contribution in [0.2, 0.25) is 0 Å². The second-order valence-corrected chi connectivity index (χ2v) is 7.42. The van der Waals surface area contributed by atoms with E-state index in [-0.39, 0.29) is 5.91 Å². The standard InChI is InChI=1S/C20H26N6O/c1-15-11-18(23-20(21)22-15)25-9-7-24(8-10-25)13-16-12-19(27)26(14-16)17-5-3-2-4-6-17/h2-6,11,16H,7-10,12-14H2,1H3,(H2,21,22,23)/t16-/m0/s1. The van der Waals surface area contributed by atoms with E-state index in [9.17, 15) is 4.79 Å². The summed E-state index contributed by atoms with van der Waals surface area (Å²) in [5, 5.41) is 0. The average Bonchev–Trinajstić information content (AvgIpc) is 3.02. The first kappa shape index (κ1) is 17.7. The third kappa shape index (κ3) is 4.03. The summed E-state index contributed by atoms with van der Waals surface area (Å²) < 4.78 is 0. The van der Waals surface area contributed by atoms with Crippen LogP contribution in [0.15, 0.2) is 36.4 Å². The lowest BCUT2D eigenvalue weighted by molar-refractivity contribution is -0.117. The van der Waals surface area contributed by atoms with Crippen LogP contribution in [0.25, 0.3) is 0 Å². The number of aryl methyl sites for hydroxylation is 1. The van der Waals surface area contributed by atoms with Crippen molar-refractivity contribution in [3.8, 4) is 0 Å². The highest BCUT2D eigenvalue weighted by molar-refractivity contribution is 5.95. The van der Waals surface area contributed by atoms with Gasteiger partial charge in [0.1, 0.15) is 5.82 Å². The lowest BCUT2D eigenvalue weighted by Crippen LogP contribution is -2.48. The fourth-order valence-electron chi connectivity index (χ4n) is 4.02. The van der Waals surface area contributed by atoms with Crippen LogP contribution in [0.3, 0.4) is 0 Å². The number of nitrogens with two attached hydrogens (primary N) is 1. The second kappa shape index (κ2) is 7.52. The maximum Gasteiger partial charge on any atom is 0.227 e. The maximum absolute atomic E-state index is 12.4. The molecule has 1 amide bonds. The molecule has 3 heterocycles. The molecule has 0 bridgehead atoms. The number of hydrogen-bond acceptors (Lipinski definition) is 6. The van der Waals surface area contributed by atoms with E-state index >= 15 is 0 Å². The number of aromatic nitrogens is 2. The number of piperazine rings is 1. The van der Waals surface area contributed by atoms with Crippen molar-refractivity contribution in [1.29, 1.82) is 0 Å². The van der Waals surface area contributed by atoms with Gasteiger partial charge in [-0.25, -0.2) is 4.98 Å². The minimum absolute atomic E-state index is 0.233. The molecule has 4 rings (SSSR count). The van der Waals surface area contributed by atoms with Crippen molar-refractivity contribution in [2.45, 2.75) is 13.3 Å². The third-order valence-corrected chi connectivity index (χ3v) is 5.34. The van der Waals surface area contributed by atoms with Crippen LogP contribution in [0.1, 0.15) is 12.1 Å². The van der Waals surface area contributed by atoms with Crippen LogP contribution in [-0.4, -0.2) is 60.0 Å². The minimum atomic E-state index is 0.233. The summed E-state index contributed by atoms with van der Waals surface area (Å²) in [6.45, 7) is 7.49. The molecule has 0 aliphatic carbocycles. The zero-order chi connectivity index (χ0) is 18.8. The molecule has 142 valence electrons. The Kier molecular flexibility index (Phi) is 4.94. The average molecular weight is 366 g/mol. The molecule has 1 aromatic heterocycles. The first-order valence-electron chi connectivity index (χ1n) is 9.52. The van der Waals surface area contributed by atoms with Crippen LogP contribution in [0.5, 0.6) is 0 Å². The number of carbonyl (C=O) groups excluding carboxylic acids is 1. The molecule has 0 spiro atoms. The number of hydrogen-bond donors (Lipinski definition) is 1. The molecule has 7 heteroatoms. The molecule has 7 nitrogen and oxygen atoms in total. The summed E-state index contributed by atoms with van der Waals surface area (Å²) in [7, 11) is 0. The zero-order valence-electron chi connectivity index (χ0n) is 15.7. The van der Waals surface area contributed by atoms with Crippen molar-refractivity contribution in [1.82, 2.24) is 14.9 Å². The number of amides is 1. The molecular weight excluding hydrogens is 340 g/mol. The zero-order valence-corrected chi connectivity index (χ0v) is 15.7. The Morgan fingerprint density at radius 3 is 2.56 bits per heavy atom. The first-order chi connectivity index (χ1) is 13.1. The Balaban J connectivity index is 1.31. The molecule has 2 fully saturated rings. The molecule has 2 aromatic rings. The monoisotopic (exact) mass is 366 g/mol. The summed E-state index contributed by atoms with van der Waals surface area (Å²) in [6, 6.07) is 11.9. The van der Waals surface area contributed by atoms with Crippen LogP contribution >= 0.6 is 0 Å². The summed E-state index contributed by atoms with van der Waals surface area (Å²) in [4.78, 5) is 27.6. The lowest BCUT2D eigenvalue weighted by atomic mass is 10.1. The van der Waals surface area contributed by atoms with E-state index in [0.29, 0.717) is 18.3 Å². The summed E-state index contributed by atoms with van der Waals surface area (Å²) in [6.07, 6.45) is 0.636. The van der Waals surface area contributed by atoms with Gasteiger partial charge in [0.2, 0.25) is 11.9 Å². The highest BCUT2D eigenvalue weighted by Crippen LogP contribution is 2.26. The number of benzene rings is 1. The van der Waals surface area contributed by atoms with Crippen LogP contribution in [0.4, 0.5) is 17.5 Å². The molecule has 2 N–H and O–H groups in total. The van der Waals surface area contributed by atoms with Crippen molar-refractivity contribution < 1.29 is 4.79 Å². The van der Waals surface area contributed by atoms with E-state index in [4.69, 9.17) is 5.73 Å². The van der Waals surface area contributed by atoms with E-state index in [2.05, 4.69) is 19.8 Å². The SMILES string of the molecule is Cc1cc(N2CCN(C[C@@H]3CC(=O)N(c4ccccc4)C3)CC2)nc(N)n1. The molecule has 0 unspecified atom stereocenters. The van der Waals surface area contributed by atoms with Crippen LogP contribution < -0.4 is 15.5 Å². The van der Waals surface area contributed by atoms with E-state index in [1.807, 2.05) is 48.2 Å². The van der Waals surface area contributed by atoms with Crippen molar-refractivity contribution in [2.75, 3.05) is 54.8 Å². The summed E-state index contributed by atoms with van der Waals surface area (Å²) in [5.41, 5.74) is 7.68. The number of anilines is 3. The fraction of sp³-hybridized carbons (Fsp3) is 0.450. The Morgan fingerprint density at radius 1 is 1.11 bits per heavy atom. The van der Waals surface area contributed by atoms with Crippen molar-refractivity contribution in [2.24, 2.45) is 5.92 Å². The van der Waals surface area contributed by atoms with Gasteiger partial charge in [0.15, 0.2) is 0 Å². The Labute approximate surface area is 159 Å². The number of carbonyl (C=O) groups is 1. The fourth-order valence-corrected chi connectivity index (χ4v) is 4.02. The summed E-state index contributed by atoms with van der Waals surface area (Å²) >= 11 is 0. The number of nitrogen functional groups attached to an aromatic ring is 1. The molecule has 2 aliphatic rings. The Bertz CT molecular complexity index is 783. The normalized spacial score (nSPS) is 21.1. The summed E-state index contributed by atoms with van der Waals surface area (Å²) in [5.74, 6) is 1.86. The van der Waals surface area contributed by atoms with E-state index < -0.39 is 0 Å². The van der Waals surface area contributed by atoms with Crippen LogP contribution in [0, 0.1) is 12.8 Å². The molecule has 2 aliphatic heterocycles. The van der Waals surface area contributed by atoms with Crippen molar-refractivity contribution in [3.63, 3.8) is 0 Å². The smallest absolute Gasteiger partial charge is 0.227 e. The van der Waals surface area contributed by atoms with Gasteiger partial charge in [0, 0.05) is 63.1 Å². The van der Waals surface area contributed by atoms with E-state index in [0.717, 1.165) is 56.5 Å². The predicted molar refractivity (Wildman–Crippen MR) is 107 cm³/mol. The van der Waals surface area contributed by atoms with E-state index in [1.54, 1.807) is 0 Å². The van der Waals surface area contributed by atoms with Crippen molar-refractivity contribution >= 4 is 23.4 Å². The van der Waals surface area contributed by atoms with Gasteiger partial charge in [0.05, 0.1) is 0 Å². The van der Waals surface area contributed by atoms with Gasteiger partial charge in [-0.3, -0.25) is 9.69 Å². The van der Waals surface area contributed by atoms with Crippen LogP contribution in [-0.2, 0) is 4.79 Å². The first-order valence-corrected chi connectivity index (χ1v) is 9.52. The Hall–Kier alpha value is -2.67. The molecule has 1 atom stereocenters. The van der Waals surface area contributed by atoms with Gasteiger partial charge >= 0.3 is 0 Å². The molecule has 0 saturated carbocycles. The molecule has 1 aromatic carbocycles. The van der Waals surface area contributed by atoms with Crippen molar-refractivity contribution in [3.05, 3.63) is 42.1 Å². The molecule has 27 heavy (non-hydrogen) atoms. The van der Waals surface area contributed by atoms with Gasteiger partial charge < -0.3 is 15.5 Å². The largest absolute Gasteiger partial charge is 0.368 e. The second-order valence-electron chi connectivity index (χ2n) is 7.42. The third-order valence-electron chi connectivity index (χ3n) is 5.34. The number of nitrogens with zero attached hydrogens (tertiary/aromatic N) is 5.